The fourth-order valence-electron chi connectivity index (χ4n) is 4.36. The summed E-state index contributed by atoms with van der Waals surface area (Å²) in [5.41, 5.74) is 2.53. The van der Waals surface area contributed by atoms with Gasteiger partial charge in [0, 0.05) is 12.2 Å². The molecule has 0 spiro atoms. The van der Waals surface area contributed by atoms with E-state index in [9.17, 15) is 19.2 Å². The molecule has 35 heavy (non-hydrogen) atoms. The first-order valence-corrected chi connectivity index (χ1v) is 11.9. The molecule has 8 nitrogen and oxygen atoms in total. The summed E-state index contributed by atoms with van der Waals surface area (Å²) in [7, 11) is 0. The van der Waals surface area contributed by atoms with Gasteiger partial charge in [-0.3, -0.25) is 24.1 Å². The van der Waals surface area contributed by atoms with Crippen LogP contribution in [0.5, 0.6) is 0 Å². The minimum atomic E-state index is -0.615. The number of carbonyl (C=O) groups excluding carboxylic acids is 4. The fraction of sp³-hybridized carbons (Fsp3) is 0.407. The number of nitrogens with one attached hydrogen (secondary N) is 1. The molecule has 8 heteroatoms. The first kappa shape index (κ1) is 24.6. The van der Waals surface area contributed by atoms with Crippen molar-refractivity contribution < 1.29 is 28.7 Å². The third kappa shape index (κ3) is 5.59. The average molecular weight is 479 g/mol. The van der Waals surface area contributed by atoms with Gasteiger partial charge in [-0.05, 0) is 57.4 Å². The van der Waals surface area contributed by atoms with Crippen molar-refractivity contribution in [3.63, 3.8) is 0 Å². The number of benzene rings is 2. The van der Waals surface area contributed by atoms with Gasteiger partial charge in [-0.15, -0.1) is 0 Å². The number of ether oxygens (including phenoxy) is 2. The zero-order chi connectivity index (χ0) is 25.1. The van der Waals surface area contributed by atoms with Crippen LogP contribution in [0, 0.1) is 6.92 Å². The lowest BCUT2D eigenvalue weighted by Gasteiger charge is -2.20. The van der Waals surface area contributed by atoms with Crippen LogP contribution in [-0.2, 0) is 14.3 Å². The number of carbonyl (C=O) groups is 4. The van der Waals surface area contributed by atoms with Gasteiger partial charge in [0.25, 0.3) is 17.7 Å². The molecule has 1 N–H and O–H groups in total. The Kier molecular flexibility index (Phi) is 7.31. The number of hydrogen-bond acceptors (Lipinski definition) is 6. The van der Waals surface area contributed by atoms with E-state index >= 15 is 0 Å². The van der Waals surface area contributed by atoms with Crippen LogP contribution in [0.15, 0.2) is 42.5 Å². The molecule has 2 aliphatic rings. The zero-order valence-corrected chi connectivity index (χ0v) is 20.2. The van der Waals surface area contributed by atoms with Gasteiger partial charge >= 0.3 is 5.97 Å². The topological polar surface area (TPSA) is 102 Å². The maximum atomic E-state index is 13.2. The smallest absolute Gasteiger partial charge is 0.308 e. The second kappa shape index (κ2) is 10.4. The van der Waals surface area contributed by atoms with Crippen LogP contribution in [-0.4, -0.2) is 54.0 Å². The highest BCUT2D eigenvalue weighted by Gasteiger charge is 2.38. The molecule has 184 valence electrons. The second-order valence-corrected chi connectivity index (χ2v) is 9.30. The number of nitrogens with zero attached hydrogens (tertiary/aromatic N) is 1. The van der Waals surface area contributed by atoms with Crippen LogP contribution in [0.4, 0.5) is 0 Å². The number of imide groups is 1. The van der Waals surface area contributed by atoms with E-state index in [1.165, 1.54) is 23.1 Å². The predicted molar refractivity (Wildman–Crippen MR) is 128 cm³/mol. The Morgan fingerprint density at radius 2 is 1.80 bits per heavy atom. The SMILES string of the molecule is Cc1ccc(C(CC(=O)OC(C)C)NC(=O)c2ccc3c(c2)C(=O)N(CC2CCCO2)C3=O)cc1. The van der Waals surface area contributed by atoms with Crippen molar-refractivity contribution in [2.45, 2.75) is 58.3 Å². The molecule has 2 atom stereocenters. The van der Waals surface area contributed by atoms with Gasteiger partial charge < -0.3 is 14.8 Å². The number of aryl methyl sites for hydroxylation is 1. The second-order valence-electron chi connectivity index (χ2n) is 9.30. The first-order chi connectivity index (χ1) is 16.7. The average Bonchev–Trinajstić information content (AvgIpc) is 3.41. The standard InChI is InChI=1S/C27H30N2O6/c1-16(2)35-24(30)14-23(18-8-6-17(3)7-9-18)28-25(31)19-10-11-21-22(13-19)27(33)29(26(21)32)15-20-5-4-12-34-20/h6-11,13,16,20,23H,4-5,12,14-15H2,1-3H3,(H,28,31). The van der Waals surface area contributed by atoms with Crippen molar-refractivity contribution in [1.82, 2.24) is 10.2 Å². The highest BCUT2D eigenvalue weighted by molar-refractivity contribution is 6.22. The molecule has 2 unspecified atom stereocenters. The third-order valence-corrected chi connectivity index (χ3v) is 6.17. The molecule has 2 heterocycles. The van der Waals surface area contributed by atoms with Crippen LogP contribution in [0.25, 0.3) is 0 Å². The Labute approximate surface area is 204 Å². The van der Waals surface area contributed by atoms with Crippen LogP contribution in [0.3, 0.4) is 0 Å². The summed E-state index contributed by atoms with van der Waals surface area (Å²) in [6, 6.07) is 11.4. The Morgan fingerprint density at radius 3 is 2.46 bits per heavy atom. The van der Waals surface area contributed by atoms with E-state index in [1.807, 2.05) is 31.2 Å². The lowest BCUT2D eigenvalue weighted by Crippen LogP contribution is -2.36. The van der Waals surface area contributed by atoms with E-state index in [-0.39, 0.29) is 47.8 Å². The summed E-state index contributed by atoms with van der Waals surface area (Å²) in [6.45, 7) is 6.33. The molecule has 0 bridgehead atoms. The summed E-state index contributed by atoms with van der Waals surface area (Å²) in [6.07, 6.45) is 1.26. The van der Waals surface area contributed by atoms with Crippen molar-refractivity contribution in [2.75, 3.05) is 13.2 Å². The van der Waals surface area contributed by atoms with Crippen LogP contribution >= 0.6 is 0 Å². The van der Waals surface area contributed by atoms with Crippen LogP contribution in [0.2, 0.25) is 0 Å². The fourth-order valence-corrected chi connectivity index (χ4v) is 4.36. The van der Waals surface area contributed by atoms with Gasteiger partial charge in [-0.1, -0.05) is 29.8 Å². The minimum Gasteiger partial charge on any atom is -0.463 e. The maximum Gasteiger partial charge on any atom is 0.308 e. The summed E-state index contributed by atoms with van der Waals surface area (Å²) < 4.78 is 10.9. The maximum absolute atomic E-state index is 13.2. The number of esters is 1. The van der Waals surface area contributed by atoms with Crippen molar-refractivity contribution in [2.24, 2.45) is 0 Å². The third-order valence-electron chi connectivity index (χ3n) is 6.17. The van der Waals surface area contributed by atoms with Crippen LogP contribution in [0.1, 0.15) is 81.4 Å². The van der Waals surface area contributed by atoms with Crippen LogP contribution < -0.4 is 5.32 Å². The highest BCUT2D eigenvalue weighted by atomic mass is 16.5. The van der Waals surface area contributed by atoms with Gasteiger partial charge in [0.05, 0.1) is 42.3 Å². The molecule has 0 aliphatic carbocycles. The molecule has 2 aliphatic heterocycles. The van der Waals surface area contributed by atoms with Gasteiger partial charge in [-0.2, -0.15) is 0 Å². The molecular weight excluding hydrogens is 448 g/mol. The Balaban J connectivity index is 1.52. The largest absolute Gasteiger partial charge is 0.463 e. The lowest BCUT2D eigenvalue weighted by atomic mass is 10.0. The first-order valence-electron chi connectivity index (χ1n) is 11.9. The lowest BCUT2D eigenvalue weighted by molar-refractivity contribution is -0.147. The highest BCUT2D eigenvalue weighted by Crippen LogP contribution is 2.27. The van der Waals surface area contributed by atoms with Gasteiger partial charge in [0.2, 0.25) is 0 Å². The normalized spacial score (nSPS) is 18.1. The van der Waals surface area contributed by atoms with Crippen molar-refractivity contribution in [3.05, 3.63) is 70.3 Å². The van der Waals surface area contributed by atoms with Gasteiger partial charge in [0.15, 0.2) is 0 Å². The molecule has 4 rings (SSSR count). The zero-order valence-electron chi connectivity index (χ0n) is 20.2. The summed E-state index contributed by atoms with van der Waals surface area (Å²) in [5, 5.41) is 2.89. The summed E-state index contributed by atoms with van der Waals surface area (Å²) in [4.78, 5) is 52.4. The van der Waals surface area contributed by atoms with Gasteiger partial charge in [0.1, 0.15) is 0 Å². The summed E-state index contributed by atoms with van der Waals surface area (Å²) >= 11 is 0. The minimum absolute atomic E-state index is 0.0372. The van der Waals surface area contributed by atoms with E-state index in [0.29, 0.717) is 6.61 Å². The molecule has 1 fully saturated rings. The van der Waals surface area contributed by atoms with E-state index in [2.05, 4.69) is 5.32 Å². The molecular formula is C27H30N2O6. The predicted octanol–water partition coefficient (Wildman–Crippen LogP) is 3.58. The Morgan fingerprint density at radius 1 is 1.09 bits per heavy atom. The molecule has 2 aromatic rings. The number of rotatable bonds is 8. The molecule has 0 saturated carbocycles. The molecule has 2 aromatic carbocycles. The van der Waals surface area contributed by atoms with Gasteiger partial charge in [-0.25, -0.2) is 0 Å². The van der Waals surface area contributed by atoms with E-state index in [0.717, 1.165) is 24.0 Å². The van der Waals surface area contributed by atoms with E-state index < -0.39 is 23.8 Å². The summed E-state index contributed by atoms with van der Waals surface area (Å²) in [5.74, 6) is -1.67. The number of amides is 3. The Bertz CT molecular complexity index is 1130. The van der Waals surface area contributed by atoms with E-state index in [1.54, 1.807) is 13.8 Å². The molecule has 0 aromatic heterocycles. The number of fused-ring (bicyclic) bond motifs is 1. The van der Waals surface area contributed by atoms with Crippen molar-refractivity contribution in [1.29, 1.82) is 0 Å². The molecule has 1 saturated heterocycles. The number of hydrogen-bond donors (Lipinski definition) is 1. The van der Waals surface area contributed by atoms with Crippen molar-refractivity contribution >= 4 is 23.7 Å². The molecule has 3 amide bonds. The van der Waals surface area contributed by atoms with Crippen molar-refractivity contribution in [3.8, 4) is 0 Å². The molecule has 0 radical (unpaired) electrons. The Hall–Kier alpha value is -3.52. The van der Waals surface area contributed by atoms with E-state index in [4.69, 9.17) is 9.47 Å². The monoisotopic (exact) mass is 478 g/mol. The quantitative estimate of drug-likeness (QED) is 0.460.